The Bertz CT molecular complexity index is 640. The molecule has 1 aromatic heterocycles. The Labute approximate surface area is 116 Å². The molecule has 17 heavy (non-hydrogen) atoms. The minimum absolute atomic E-state index is 0.00837. The van der Waals surface area contributed by atoms with Gasteiger partial charge in [0.1, 0.15) is 0 Å². The summed E-state index contributed by atoms with van der Waals surface area (Å²) in [5.41, 5.74) is 0.586. The van der Waals surface area contributed by atoms with Crippen molar-refractivity contribution in [3.63, 3.8) is 0 Å². The standard InChI is InChI=1S/C8H3BrClN3O2S2/c9-5-3-4(13(14)15)1-2-6(5)11-8-7(10)12-17-16-8/h1-3H/b11-8-. The van der Waals surface area contributed by atoms with Gasteiger partial charge in [0.2, 0.25) is 0 Å². The molecular weight excluding hydrogens is 350 g/mol. The molecule has 0 saturated carbocycles. The molecule has 1 heterocycles. The Balaban J connectivity index is 2.49. The molecule has 2 rings (SSSR count). The summed E-state index contributed by atoms with van der Waals surface area (Å²) in [6, 6.07) is 4.35. The lowest BCUT2D eigenvalue weighted by molar-refractivity contribution is -0.384. The topological polar surface area (TPSA) is 68.4 Å². The number of halogens is 2. The lowest BCUT2D eigenvalue weighted by Gasteiger charge is -1.97. The Hall–Kier alpha value is -0.830. The van der Waals surface area contributed by atoms with Crippen LogP contribution in [0, 0.1) is 10.1 Å². The first-order valence-electron chi connectivity index (χ1n) is 4.18. The first kappa shape index (κ1) is 12.6. The van der Waals surface area contributed by atoms with Gasteiger partial charge in [-0.3, -0.25) is 10.1 Å². The predicted molar refractivity (Wildman–Crippen MR) is 71.0 cm³/mol. The highest BCUT2D eigenvalue weighted by molar-refractivity contribution is 9.10. The van der Waals surface area contributed by atoms with Gasteiger partial charge in [-0.25, -0.2) is 4.99 Å². The summed E-state index contributed by atoms with van der Waals surface area (Å²) in [6.45, 7) is 0. The molecule has 0 aliphatic carbocycles. The summed E-state index contributed by atoms with van der Waals surface area (Å²) in [5, 5.41) is 10.9. The number of aromatic nitrogens is 1. The second-order valence-corrected chi connectivity index (χ2v) is 5.89. The van der Waals surface area contributed by atoms with Crippen molar-refractivity contribution in [2.24, 2.45) is 4.99 Å². The van der Waals surface area contributed by atoms with Crippen molar-refractivity contribution in [1.29, 1.82) is 0 Å². The van der Waals surface area contributed by atoms with Gasteiger partial charge in [0.15, 0.2) is 9.82 Å². The van der Waals surface area contributed by atoms with Gasteiger partial charge in [-0.1, -0.05) is 11.6 Å². The zero-order chi connectivity index (χ0) is 12.4. The van der Waals surface area contributed by atoms with E-state index in [-0.39, 0.29) is 5.69 Å². The highest BCUT2D eigenvalue weighted by atomic mass is 79.9. The third-order valence-corrected chi connectivity index (χ3v) is 4.58. The van der Waals surface area contributed by atoms with Crippen LogP contribution < -0.4 is 4.67 Å². The van der Waals surface area contributed by atoms with Gasteiger partial charge in [-0.2, -0.15) is 4.37 Å². The van der Waals surface area contributed by atoms with Crippen molar-refractivity contribution in [1.82, 2.24) is 4.37 Å². The summed E-state index contributed by atoms with van der Waals surface area (Å²) in [6.07, 6.45) is 0. The van der Waals surface area contributed by atoms with Gasteiger partial charge in [0, 0.05) is 22.7 Å². The molecule has 0 aliphatic heterocycles. The van der Waals surface area contributed by atoms with Gasteiger partial charge in [-0.05, 0) is 32.3 Å². The molecule has 0 aliphatic rings. The lowest BCUT2D eigenvalue weighted by Crippen LogP contribution is -1.93. The Morgan fingerprint density at radius 1 is 1.53 bits per heavy atom. The summed E-state index contributed by atoms with van der Waals surface area (Å²) < 4.78 is 5.03. The fraction of sp³-hybridized carbons (Fsp3) is 0. The van der Waals surface area contributed by atoms with E-state index in [9.17, 15) is 10.1 Å². The van der Waals surface area contributed by atoms with Crippen molar-refractivity contribution in [2.45, 2.75) is 0 Å². The van der Waals surface area contributed by atoms with Gasteiger partial charge >= 0.3 is 0 Å². The normalized spacial score (nSPS) is 11.8. The van der Waals surface area contributed by atoms with Gasteiger partial charge < -0.3 is 0 Å². The summed E-state index contributed by atoms with van der Waals surface area (Å²) in [7, 11) is 2.58. The quantitative estimate of drug-likeness (QED) is 0.469. The number of nitro groups is 1. The first-order chi connectivity index (χ1) is 8.08. The molecule has 0 unspecified atom stereocenters. The second-order valence-electron chi connectivity index (χ2n) is 2.85. The van der Waals surface area contributed by atoms with E-state index in [1.165, 1.54) is 33.0 Å². The van der Waals surface area contributed by atoms with Crippen LogP contribution in [-0.4, -0.2) is 9.30 Å². The Morgan fingerprint density at radius 2 is 2.29 bits per heavy atom. The van der Waals surface area contributed by atoms with Crippen LogP contribution in [0.4, 0.5) is 11.4 Å². The van der Waals surface area contributed by atoms with Crippen LogP contribution in [0.25, 0.3) is 0 Å². The fourth-order valence-corrected chi connectivity index (χ4v) is 3.47. The van der Waals surface area contributed by atoms with Crippen molar-refractivity contribution in [2.75, 3.05) is 0 Å². The average Bonchev–Trinajstić information content (AvgIpc) is 2.67. The minimum Gasteiger partial charge on any atom is -0.258 e. The number of nitrogens with zero attached hydrogens (tertiary/aromatic N) is 3. The van der Waals surface area contributed by atoms with Crippen LogP contribution in [0.2, 0.25) is 5.15 Å². The predicted octanol–water partition coefficient (Wildman–Crippen LogP) is 3.76. The molecule has 88 valence electrons. The monoisotopic (exact) mass is 351 g/mol. The zero-order valence-electron chi connectivity index (χ0n) is 7.96. The van der Waals surface area contributed by atoms with Crippen LogP contribution >= 0.6 is 48.4 Å². The second kappa shape index (κ2) is 5.21. The maximum atomic E-state index is 10.6. The number of hydrogen-bond donors (Lipinski definition) is 0. The van der Waals surface area contributed by atoms with E-state index in [1.54, 1.807) is 6.07 Å². The van der Waals surface area contributed by atoms with Crippen LogP contribution in [0.5, 0.6) is 0 Å². The molecule has 2 aromatic rings. The van der Waals surface area contributed by atoms with Crippen molar-refractivity contribution in [3.8, 4) is 0 Å². The first-order valence-corrected chi connectivity index (χ1v) is 7.46. The van der Waals surface area contributed by atoms with Crippen LogP contribution in [0.15, 0.2) is 27.7 Å². The maximum Gasteiger partial charge on any atom is 0.270 e. The molecule has 0 bridgehead atoms. The largest absolute Gasteiger partial charge is 0.270 e. The van der Waals surface area contributed by atoms with Gasteiger partial charge in [0.25, 0.3) is 5.69 Å². The zero-order valence-corrected chi connectivity index (χ0v) is 11.9. The molecule has 0 spiro atoms. The van der Waals surface area contributed by atoms with E-state index >= 15 is 0 Å². The number of benzene rings is 1. The molecule has 1 aromatic carbocycles. The molecule has 0 fully saturated rings. The highest BCUT2D eigenvalue weighted by Gasteiger charge is 2.08. The summed E-state index contributed by atoms with van der Waals surface area (Å²) in [4.78, 5) is 14.4. The van der Waals surface area contributed by atoms with Crippen LogP contribution in [0.3, 0.4) is 0 Å². The SMILES string of the molecule is O=[N+]([O-])c1ccc(/N=c2\ssnc2Cl)c(Br)c1. The molecule has 0 atom stereocenters. The van der Waals surface area contributed by atoms with Gasteiger partial charge in [-0.15, -0.1) is 0 Å². The van der Waals surface area contributed by atoms with E-state index in [0.29, 0.717) is 20.0 Å². The molecule has 0 N–H and O–H groups in total. The number of non-ortho nitro benzene ring substituents is 1. The highest BCUT2D eigenvalue weighted by Crippen LogP contribution is 2.29. The molecule has 0 radical (unpaired) electrons. The van der Waals surface area contributed by atoms with E-state index in [2.05, 4.69) is 25.3 Å². The third kappa shape index (κ3) is 2.89. The molecule has 0 amide bonds. The number of nitro benzene ring substituents is 1. The van der Waals surface area contributed by atoms with E-state index in [0.717, 1.165) is 0 Å². The number of hydrogen-bond acceptors (Lipinski definition) is 6. The van der Waals surface area contributed by atoms with E-state index in [1.807, 2.05) is 0 Å². The molecule has 9 heteroatoms. The van der Waals surface area contributed by atoms with Crippen molar-refractivity contribution in [3.05, 3.63) is 42.6 Å². The molecule has 5 nitrogen and oxygen atoms in total. The van der Waals surface area contributed by atoms with E-state index < -0.39 is 4.92 Å². The smallest absolute Gasteiger partial charge is 0.258 e. The lowest BCUT2D eigenvalue weighted by atomic mass is 10.3. The molecular formula is C8H3BrClN3O2S2. The average molecular weight is 353 g/mol. The van der Waals surface area contributed by atoms with Crippen molar-refractivity contribution >= 4 is 59.8 Å². The van der Waals surface area contributed by atoms with E-state index in [4.69, 9.17) is 11.6 Å². The minimum atomic E-state index is -0.462. The van der Waals surface area contributed by atoms with Crippen molar-refractivity contribution < 1.29 is 4.92 Å². The fourth-order valence-electron chi connectivity index (χ4n) is 1.03. The van der Waals surface area contributed by atoms with Crippen LogP contribution in [0.1, 0.15) is 0 Å². The van der Waals surface area contributed by atoms with Crippen LogP contribution in [-0.2, 0) is 0 Å². The van der Waals surface area contributed by atoms with Gasteiger partial charge in [0.05, 0.1) is 15.1 Å². The Morgan fingerprint density at radius 3 is 2.82 bits per heavy atom. The Kier molecular flexibility index (Phi) is 3.87. The number of rotatable bonds is 2. The maximum absolute atomic E-state index is 10.6. The third-order valence-electron chi connectivity index (χ3n) is 1.77. The molecule has 0 saturated heterocycles. The summed E-state index contributed by atoms with van der Waals surface area (Å²) >= 11 is 9.05. The summed E-state index contributed by atoms with van der Waals surface area (Å²) in [5.74, 6) is 0.